The van der Waals surface area contributed by atoms with Crippen LogP contribution in [0.4, 0.5) is 0 Å². The molecule has 0 fully saturated rings. The normalized spacial score (nSPS) is 11.5. The average molecular weight is 335 g/mol. The predicted molar refractivity (Wildman–Crippen MR) is 75.4 cm³/mol. The number of amides is 1. The Balaban J connectivity index is 1.89. The fraction of sp³-hybridized carbons (Fsp3) is 0.182. The van der Waals surface area contributed by atoms with Gasteiger partial charge in [-0.15, -0.1) is 11.3 Å². The molecule has 2 aromatic rings. The van der Waals surface area contributed by atoms with Crippen LogP contribution in [0.25, 0.3) is 0 Å². The van der Waals surface area contributed by atoms with E-state index in [1.807, 2.05) is 0 Å². The Morgan fingerprint density at radius 2 is 2.15 bits per heavy atom. The van der Waals surface area contributed by atoms with Crippen LogP contribution in [0.5, 0.6) is 0 Å². The molecule has 3 N–H and O–H groups in total. The molecule has 0 aliphatic rings. The summed E-state index contributed by atoms with van der Waals surface area (Å²) in [4.78, 5) is 12.5. The first kappa shape index (κ1) is 15.0. The van der Waals surface area contributed by atoms with Crippen molar-refractivity contribution in [2.75, 3.05) is 6.54 Å². The third-order valence-corrected chi connectivity index (χ3v) is 5.31. The van der Waals surface area contributed by atoms with E-state index >= 15 is 0 Å². The number of furan rings is 1. The van der Waals surface area contributed by atoms with Crippen LogP contribution in [0, 0.1) is 0 Å². The van der Waals surface area contributed by atoms with Gasteiger partial charge in [-0.2, -0.15) is 0 Å². The van der Waals surface area contributed by atoms with Crippen molar-refractivity contribution < 1.29 is 17.6 Å². The lowest BCUT2D eigenvalue weighted by Crippen LogP contribution is -2.25. The van der Waals surface area contributed by atoms with E-state index in [9.17, 15) is 13.2 Å². The first-order valence-electron chi connectivity index (χ1n) is 5.50. The maximum absolute atomic E-state index is 11.7. The molecule has 0 bridgehead atoms. The molecular formula is C11H11ClN2O4S2. The lowest BCUT2D eigenvalue weighted by atomic mass is 10.3. The zero-order chi connectivity index (χ0) is 14.8. The molecule has 0 spiro atoms. The molecule has 0 aliphatic heterocycles. The molecule has 2 aromatic heterocycles. The summed E-state index contributed by atoms with van der Waals surface area (Å²) in [5.74, 6) is -0.341. The van der Waals surface area contributed by atoms with Gasteiger partial charge in [0.1, 0.15) is 4.21 Å². The Bertz CT molecular complexity index is 720. The predicted octanol–water partition coefficient (Wildman–Crippen LogP) is 1.61. The Kier molecular flexibility index (Phi) is 4.48. The van der Waals surface area contributed by atoms with E-state index in [2.05, 4.69) is 5.32 Å². The van der Waals surface area contributed by atoms with E-state index in [1.54, 1.807) is 6.07 Å². The first-order chi connectivity index (χ1) is 9.38. The Hall–Kier alpha value is -1.35. The molecule has 2 rings (SSSR count). The van der Waals surface area contributed by atoms with E-state index in [0.29, 0.717) is 13.0 Å². The van der Waals surface area contributed by atoms with E-state index in [-0.39, 0.29) is 20.9 Å². The minimum absolute atomic E-state index is 0.0372. The van der Waals surface area contributed by atoms with Crippen molar-refractivity contribution in [1.29, 1.82) is 0 Å². The summed E-state index contributed by atoms with van der Waals surface area (Å²) >= 11 is 6.76. The molecule has 0 unspecified atom stereocenters. The number of carbonyl (C=O) groups is 1. The van der Waals surface area contributed by atoms with Crippen molar-refractivity contribution in [2.24, 2.45) is 5.14 Å². The van der Waals surface area contributed by atoms with Crippen LogP contribution in [0.2, 0.25) is 5.22 Å². The first-order valence-corrected chi connectivity index (χ1v) is 8.24. The molecule has 0 saturated carbocycles. The van der Waals surface area contributed by atoms with Gasteiger partial charge < -0.3 is 9.73 Å². The SMILES string of the molecule is NS(=O)(=O)c1ccc(CCNC(=O)c2ccoc2Cl)s1. The Morgan fingerprint density at radius 3 is 2.70 bits per heavy atom. The second kappa shape index (κ2) is 5.96. The Labute approximate surface area is 124 Å². The van der Waals surface area contributed by atoms with Crippen molar-refractivity contribution >= 4 is 38.9 Å². The third kappa shape index (κ3) is 3.60. The van der Waals surface area contributed by atoms with Gasteiger partial charge in [0, 0.05) is 11.4 Å². The highest BCUT2D eigenvalue weighted by molar-refractivity contribution is 7.91. The van der Waals surface area contributed by atoms with Gasteiger partial charge in [-0.05, 0) is 36.2 Å². The zero-order valence-corrected chi connectivity index (χ0v) is 12.5. The summed E-state index contributed by atoms with van der Waals surface area (Å²) in [5, 5.41) is 7.72. The van der Waals surface area contributed by atoms with Crippen LogP contribution in [0.15, 0.2) is 33.1 Å². The number of carbonyl (C=O) groups excluding carboxylic acids is 1. The molecule has 9 heteroatoms. The molecule has 2 heterocycles. The van der Waals surface area contributed by atoms with Crippen LogP contribution in [0.3, 0.4) is 0 Å². The minimum atomic E-state index is -3.66. The van der Waals surface area contributed by atoms with Crippen LogP contribution in [-0.2, 0) is 16.4 Å². The van der Waals surface area contributed by atoms with Gasteiger partial charge in [0.2, 0.25) is 15.2 Å². The fourth-order valence-corrected chi connectivity index (χ4v) is 3.47. The number of thiophene rings is 1. The van der Waals surface area contributed by atoms with E-state index in [0.717, 1.165) is 16.2 Å². The van der Waals surface area contributed by atoms with Crippen LogP contribution in [-0.4, -0.2) is 20.9 Å². The number of rotatable bonds is 5. The molecule has 0 atom stereocenters. The molecule has 0 aliphatic carbocycles. The van der Waals surface area contributed by atoms with Crippen molar-refractivity contribution in [3.05, 3.63) is 40.1 Å². The molecule has 108 valence electrons. The van der Waals surface area contributed by atoms with E-state index in [1.165, 1.54) is 18.4 Å². The van der Waals surface area contributed by atoms with Gasteiger partial charge in [-0.3, -0.25) is 4.79 Å². The minimum Gasteiger partial charge on any atom is -0.452 e. The summed E-state index contributed by atoms with van der Waals surface area (Å²) in [7, 11) is -3.66. The molecular weight excluding hydrogens is 324 g/mol. The molecule has 0 radical (unpaired) electrons. The van der Waals surface area contributed by atoms with Crippen LogP contribution in [0.1, 0.15) is 15.2 Å². The molecule has 1 amide bonds. The monoisotopic (exact) mass is 334 g/mol. The quantitative estimate of drug-likeness (QED) is 0.867. The van der Waals surface area contributed by atoms with Crippen molar-refractivity contribution in [2.45, 2.75) is 10.6 Å². The van der Waals surface area contributed by atoms with Crippen molar-refractivity contribution in [3.8, 4) is 0 Å². The molecule has 0 aromatic carbocycles. The van der Waals surface area contributed by atoms with Gasteiger partial charge in [-0.25, -0.2) is 13.6 Å². The number of primary sulfonamides is 1. The van der Waals surface area contributed by atoms with E-state index < -0.39 is 10.0 Å². The van der Waals surface area contributed by atoms with Gasteiger partial charge in [0.05, 0.1) is 11.8 Å². The number of hydrogen-bond acceptors (Lipinski definition) is 5. The number of sulfonamides is 1. The van der Waals surface area contributed by atoms with E-state index in [4.69, 9.17) is 21.2 Å². The maximum Gasteiger partial charge on any atom is 0.256 e. The van der Waals surface area contributed by atoms with Crippen molar-refractivity contribution in [3.63, 3.8) is 0 Å². The van der Waals surface area contributed by atoms with Crippen LogP contribution >= 0.6 is 22.9 Å². The summed E-state index contributed by atoms with van der Waals surface area (Å²) in [6, 6.07) is 4.59. The smallest absolute Gasteiger partial charge is 0.256 e. The third-order valence-electron chi connectivity index (χ3n) is 2.44. The lowest BCUT2D eigenvalue weighted by molar-refractivity contribution is 0.0954. The highest BCUT2D eigenvalue weighted by Gasteiger charge is 2.13. The van der Waals surface area contributed by atoms with Gasteiger partial charge in [0.15, 0.2) is 0 Å². The Morgan fingerprint density at radius 1 is 1.40 bits per heavy atom. The second-order valence-electron chi connectivity index (χ2n) is 3.88. The second-order valence-corrected chi connectivity index (χ2v) is 7.18. The van der Waals surface area contributed by atoms with Gasteiger partial charge in [0.25, 0.3) is 5.91 Å². The number of halogens is 1. The molecule has 6 nitrogen and oxygen atoms in total. The van der Waals surface area contributed by atoms with Crippen LogP contribution < -0.4 is 10.5 Å². The zero-order valence-electron chi connectivity index (χ0n) is 10.1. The number of nitrogens with one attached hydrogen (secondary N) is 1. The largest absolute Gasteiger partial charge is 0.452 e. The number of nitrogens with two attached hydrogens (primary N) is 1. The summed E-state index contributed by atoms with van der Waals surface area (Å²) in [6.07, 6.45) is 1.83. The highest BCUT2D eigenvalue weighted by atomic mass is 35.5. The van der Waals surface area contributed by atoms with Gasteiger partial charge >= 0.3 is 0 Å². The number of hydrogen-bond donors (Lipinski definition) is 2. The summed E-state index contributed by atoms with van der Waals surface area (Å²) in [6.45, 7) is 0.352. The lowest BCUT2D eigenvalue weighted by Gasteiger charge is -2.02. The topological polar surface area (TPSA) is 102 Å². The van der Waals surface area contributed by atoms with Gasteiger partial charge in [-0.1, -0.05) is 0 Å². The summed E-state index contributed by atoms with van der Waals surface area (Å²) in [5.41, 5.74) is 0.267. The highest BCUT2D eigenvalue weighted by Crippen LogP contribution is 2.20. The maximum atomic E-state index is 11.7. The average Bonchev–Trinajstić information content (AvgIpc) is 2.97. The molecule has 0 saturated heterocycles. The standard InChI is InChI=1S/C11H11ClN2O4S2/c12-10-8(4-6-18-10)11(15)14-5-3-7-1-2-9(19-7)20(13,16)17/h1-2,4,6H,3,5H2,(H,14,15)(H2,13,16,17). The summed E-state index contributed by atoms with van der Waals surface area (Å²) < 4.78 is 27.2. The molecule has 20 heavy (non-hydrogen) atoms. The fourth-order valence-electron chi connectivity index (χ4n) is 1.50. The van der Waals surface area contributed by atoms with Crippen molar-refractivity contribution in [1.82, 2.24) is 5.32 Å².